The van der Waals surface area contributed by atoms with Crippen LogP contribution < -0.4 is 11.1 Å². The van der Waals surface area contributed by atoms with Crippen molar-refractivity contribution >= 4 is 17.2 Å². The van der Waals surface area contributed by atoms with Crippen molar-refractivity contribution in [2.75, 3.05) is 6.54 Å². The van der Waals surface area contributed by atoms with Crippen molar-refractivity contribution in [1.29, 1.82) is 0 Å². The average Bonchev–Trinajstić information content (AvgIpc) is 3.05. The lowest BCUT2D eigenvalue weighted by Crippen LogP contribution is -2.39. The van der Waals surface area contributed by atoms with Gasteiger partial charge in [-0.1, -0.05) is 6.07 Å². The maximum atomic E-state index is 12.0. The summed E-state index contributed by atoms with van der Waals surface area (Å²) >= 11 is 1.57. The van der Waals surface area contributed by atoms with Gasteiger partial charge in [0.05, 0.1) is 17.0 Å². The normalized spacial score (nSPS) is 15.9. The second kappa shape index (κ2) is 5.99. The van der Waals surface area contributed by atoms with Crippen molar-refractivity contribution < 1.29 is 9.21 Å². The summed E-state index contributed by atoms with van der Waals surface area (Å²) in [5, 5.41) is 4.85. The number of aryl methyl sites for hydroxylation is 1. The minimum absolute atomic E-state index is 0.0553. The van der Waals surface area contributed by atoms with Crippen LogP contribution in [0.15, 0.2) is 21.9 Å². The molecule has 3 rings (SSSR count). The zero-order valence-electron chi connectivity index (χ0n) is 12.0. The fraction of sp³-hybridized carbons (Fsp3) is 0.467. The molecule has 6 heteroatoms. The summed E-state index contributed by atoms with van der Waals surface area (Å²) in [6.07, 6.45) is 2.60. The zero-order valence-corrected chi connectivity index (χ0v) is 12.8. The Morgan fingerprint density at radius 2 is 2.43 bits per heavy atom. The largest absolute Gasteiger partial charge is 0.440 e. The Hall–Kier alpha value is -1.66. The van der Waals surface area contributed by atoms with Crippen molar-refractivity contribution in [2.24, 2.45) is 11.7 Å². The van der Waals surface area contributed by atoms with Gasteiger partial charge in [0.15, 0.2) is 0 Å². The molecule has 5 nitrogen and oxygen atoms in total. The number of hydrogen-bond acceptors (Lipinski definition) is 5. The Morgan fingerprint density at radius 3 is 3.10 bits per heavy atom. The molecule has 1 atom stereocenters. The van der Waals surface area contributed by atoms with E-state index in [0.29, 0.717) is 29.8 Å². The molecule has 2 heterocycles. The molecular weight excluding hydrogens is 286 g/mol. The monoisotopic (exact) mass is 305 g/mol. The average molecular weight is 305 g/mol. The highest BCUT2D eigenvalue weighted by Crippen LogP contribution is 2.31. The minimum atomic E-state index is -0.0553. The lowest BCUT2D eigenvalue weighted by molar-refractivity contribution is -0.120. The Balaban J connectivity index is 1.58. The summed E-state index contributed by atoms with van der Waals surface area (Å²) in [5.41, 5.74) is 6.66. The molecule has 1 aliphatic rings. The summed E-state index contributed by atoms with van der Waals surface area (Å²) in [7, 11) is 0. The second-order valence-corrected chi connectivity index (χ2v) is 6.43. The predicted octanol–water partition coefficient (Wildman–Crippen LogP) is 2.11. The topological polar surface area (TPSA) is 81.2 Å². The summed E-state index contributed by atoms with van der Waals surface area (Å²) in [5.74, 6) is 1.81. The van der Waals surface area contributed by atoms with Gasteiger partial charge in [-0.25, -0.2) is 4.98 Å². The first-order chi connectivity index (χ1) is 10.1. The summed E-state index contributed by atoms with van der Waals surface area (Å²) in [6, 6.07) is 3.98. The van der Waals surface area contributed by atoms with Crippen molar-refractivity contribution in [1.82, 2.24) is 10.3 Å². The van der Waals surface area contributed by atoms with Crippen LogP contribution in [0.2, 0.25) is 0 Å². The van der Waals surface area contributed by atoms with Gasteiger partial charge in [0.25, 0.3) is 0 Å². The number of nitrogens with one attached hydrogen (secondary N) is 1. The second-order valence-electron chi connectivity index (χ2n) is 5.48. The standard InChI is InChI=1S/C15H19N3O2S/c1-9-12(18-15(20-9)13-3-2-6-21-13)7-14(19)17-8-11(16)10-4-5-10/h2-3,6,10-11H,4-5,7-8,16H2,1H3,(H,17,19). The molecular formula is C15H19N3O2S. The lowest BCUT2D eigenvalue weighted by Gasteiger charge is -2.10. The number of nitrogens with two attached hydrogens (primary N) is 1. The van der Waals surface area contributed by atoms with Crippen molar-refractivity contribution in [3.8, 4) is 10.8 Å². The molecule has 0 spiro atoms. The molecule has 1 fully saturated rings. The van der Waals surface area contributed by atoms with Gasteiger partial charge in [-0.2, -0.15) is 0 Å². The fourth-order valence-electron chi connectivity index (χ4n) is 2.23. The van der Waals surface area contributed by atoms with Crippen LogP contribution in [0, 0.1) is 12.8 Å². The SMILES string of the molecule is Cc1oc(-c2cccs2)nc1CC(=O)NCC(N)C1CC1. The Morgan fingerprint density at radius 1 is 1.62 bits per heavy atom. The molecule has 0 aromatic carbocycles. The molecule has 0 aliphatic heterocycles. The molecule has 1 unspecified atom stereocenters. The van der Waals surface area contributed by atoms with E-state index >= 15 is 0 Å². The Labute approximate surface area is 127 Å². The van der Waals surface area contributed by atoms with Gasteiger partial charge < -0.3 is 15.5 Å². The number of rotatable bonds is 6. The quantitative estimate of drug-likeness (QED) is 0.856. The highest BCUT2D eigenvalue weighted by molar-refractivity contribution is 7.13. The van der Waals surface area contributed by atoms with Gasteiger partial charge in [0.2, 0.25) is 11.8 Å². The number of amides is 1. The smallest absolute Gasteiger partial charge is 0.236 e. The third-order valence-corrected chi connectivity index (χ3v) is 4.57. The Bertz CT molecular complexity index is 617. The van der Waals surface area contributed by atoms with Crippen LogP contribution in [-0.4, -0.2) is 23.5 Å². The third kappa shape index (κ3) is 3.51. The first kappa shape index (κ1) is 14.3. The van der Waals surface area contributed by atoms with Crippen LogP contribution in [0.3, 0.4) is 0 Å². The number of aromatic nitrogens is 1. The number of thiophene rings is 1. The third-order valence-electron chi connectivity index (χ3n) is 3.72. The summed E-state index contributed by atoms with van der Waals surface area (Å²) < 4.78 is 5.63. The van der Waals surface area contributed by atoms with Gasteiger partial charge >= 0.3 is 0 Å². The van der Waals surface area contributed by atoms with E-state index in [4.69, 9.17) is 10.2 Å². The molecule has 2 aromatic heterocycles. The lowest BCUT2D eigenvalue weighted by atomic mass is 10.2. The van der Waals surface area contributed by atoms with Crippen LogP contribution in [0.1, 0.15) is 24.3 Å². The van der Waals surface area contributed by atoms with Crippen LogP contribution in [0.5, 0.6) is 0 Å². The van der Waals surface area contributed by atoms with Gasteiger partial charge in [-0.15, -0.1) is 11.3 Å². The zero-order chi connectivity index (χ0) is 14.8. The molecule has 2 aromatic rings. The molecule has 0 bridgehead atoms. The molecule has 1 aliphatic carbocycles. The highest BCUT2D eigenvalue weighted by Gasteiger charge is 2.28. The molecule has 1 saturated carbocycles. The van der Waals surface area contributed by atoms with E-state index in [9.17, 15) is 4.79 Å². The van der Waals surface area contributed by atoms with E-state index in [2.05, 4.69) is 10.3 Å². The van der Waals surface area contributed by atoms with Crippen molar-refractivity contribution in [2.45, 2.75) is 32.2 Å². The predicted molar refractivity (Wildman–Crippen MR) is 82.0 cm³/mol. The van der Waals surface area contributed by atoms with E-state index < -0.39 is 0 Å². The highest BCUT2D eigenvalue weighted by atomic mass is 32.1. The summed E-state index contributed by atoms with van der Waals surface area (Å²) in [4.78, 5) is 17.4. The van der Waals surface area contributed by atoms with E-state index in [1.165, 1.54) is 12.8 Å². The molecule has 21 heavy (non-hydrogen) atoms. The van der Waals surface area contributed by atoms with Crippen LogP contribution in [0.25, 0.3) is 10.8 Å². The number of carbonyl (C=O) groups excluding carboxylic acids is 1. The maximum Gasteiger partial charge on any atom is 0.236 e. The maximum absolute atomic E-state index is 12.0. The van der Waals surface area contributed by atoms with Gasteiger partial charge in [0, 0.05) is 12.6 Å². The van der Waals surface area contributed by atoms with Gasteiger partial charge in [-0.3, -0.25) is 4.79 Å². The van der Waals surface area contributed by atoms with Crippen LogP contribution in [-0.2, 0) is 11.2 Å². The Kier molecular flexibility index (Phi) is 4.07. The first-order valence-corrected chi connectivity index (χ1v) is 8.04. The fourth-order valence-corrected chi connectivity index (χ4v) is 2.88. The van der Waals surface area contributed by atoms with E-state index in [-0.39, 0.29) is 18.4 Å². The molecule has 3 N–H and O–H groups in total. The van der Waals surface area contributed by atoms with E-state index in [1.54, 1.807) is 11.3 Å². The van der Waals surface area contributed by atoms with Gasteiger partial charge in [-0.05, 0) is 37.1 Å². The van der Waals surface area contributed by atoms with Crippen LogP contribution >= 0.6 is 11.3 Å². The molecule has 0 radical (unpaired) electrons. The number of nitrogens with zero attached hydrogens (tertiary/aromatic N) is 1. The minimum Gasteiger partial charge on any atom is -0.440 e. The van der Waals surface area contributed by atoms with Crippen molar-refractivity contribution in [3.63, 3.8) is 0 Å². The molecule has 1 amide bonds. The number of oxazole rings is 1. The summed E-state index contributed by atoms with van der Waals surface area (Å²) in [6.45, 7) is 2.38. The van der Waals surface area contributed by atoms with Gasteiger partial charge in [0.1, 0.15) is 5.76 Å². The van der Waals surface area contributed by atoms with E-state index in [1.807, 2.05) is 24.4 Å². The van der Waals surface area contributed by atoms with E-state index in [0.717, 1.165) is 4.88 Å². The number of carbonyl (C=O) groups is 1. The van der Waals surface area contributed by atoms with Crippen molar-refractivity contribution in [3.05, 3.63) is 29.0 Å². The molecule has 0 saturated heterocycles. The molecule has 112 valence electrons. The first-order valence-electron chi connectivity index (χ1n) is 7.16. The van der Waals surface area contributed by atoms with Crippen LogP contribution in [0.4, 0.5) is 0 Å². The number of hydrogen-bond donors (Lipinski definition) is 2.